The van der Waals surface area contributed by atoms with E-state index in [1.165, 1.54) is 31.2 Å². The normalized spacial score (nSPS) is 17.9. The van der Waals surface area contributed by atoms with Crippen LogP contribution in [0.1, 0.15) is 45.1 Å². The summed E-state index contributed by atoms with van der Waals surface area (Å²) in [4.78, 5) is 39.2. The second-order valence-electron chi connectivity index (χ2n) is 7.85. The average Bonchev–Trinajstić information content (AvgIpc) is 3.16. The number of hydrogen-bond donors (Lipinski definition) is 1. The van der Waals surface area contributed by atoms with Crippen LogP contribution in [0.5, 0.6) is 0 Å². The number of halogens is 1. The van der Waals surface area contributed by atoms with Gasteiger partial charge in [-0.05, 0) is 55.2 Å². The van der Waals surface area contributed by atoms with Gasteiger partial charge in [-0.1, -0.05) is 32.0 Å². The van der Waals surface area contributed by atoms with E-state index in [1.54, 1.807) is 4.90 Å². The lowest BCUT2D eigenvalue weighted by molar-refractivity contribution is -0.157. The number of carbonyl (C=O) groups excluding carboxylic acids is 3. The van der Waals surface area contributed by atoms with Gasteiger partial charge >= 0.3 is 5.97 Å². The third-order valence-corrected chi connectivity index (χ3v) is 5.60. The molecular formula is C24H27FN2O4. The van der Waals surface area contributed by atoms with E-state index < -0.39 is 29.7 Å². The van der Waals surface area contributed by atoms with Crippen molar-refractivity contribution >= 4 is 29.2 Å². The minimum atomic E-state index is -1.05. The molecule has 0 radical (unpaired) electrons. The maximum absolute atomic E-state index is 13.0. The van der Waals surface area contributed by atoms with Crippen LogP contribution < -0.4 is 10.2 Å². The smallest absolute Gasteiger partial charge is 0.312 e. The number of benzene rings is 2. The molecule has 1 heterocycles. The van der Waals surface area contributed by atoms with Gasteiger partial charge in [0.2, 0.25) is 5.91 Å². The molecule has 1 N–H and O–H groups in total. The molecule has 1 fully saturated rings. The first-order chi connectivity index (χ1) is 14.8. The van der Waals surface area contributed by atoms with E-state index in [-0.39, 0.29) is 24.8 Å². The highest BCUT2D eigenvalue weighted by Crippen LogP contribution is 2.33. The number of ether oxygens (including phenoxy) is 1. The third-order valence-electron chi connectivity index (χ3n) is 5.60. The summed E-state index contributed by atoms with van der Waals surface area (Å²) in [6, 6.07) is 13.0. The highest BCUT2D eigenvalue weighted by Gasteiger charge is 2.38. The van der Waals surface area contributed by atoms with Crippen LogP contribution in [-0.2, 0) is 19.1 Å². The van der Waals surface area contributed by atoms with E-state index >= 15 is 0 Å². The van der Waals surface area contributed by atoms with Gasteiger partial charge in [0.1, 0.15) is 5.82 Å². The topological polar surface area (TPSA) is 75.7 Å². The third kappa shape index (κ3) is 5.29. The molecule has 2 amide bonds. The van der Waals surface area contributed by atoms with Gasteiger partial charge in [-0.25, -0.2) is 4.39 Å². The van der Waals surface area contributed by atoms with E-state index in [2.05, 4.69) is 19.2 Å². The number of amides is 2. The molecule has 3 atom stereocenters. The Bertz CT molecular complexity index is 960. The van der Waals surface area contributed by atoms with E-state index in [1.807, 2.05) is 24.3 Å². The van der Waals surface area contributed by atoms with Gasteiger partial charge in [0, 0.05) is 24.3 Å². The van der Waals surface area contributed by atoms with Crippen LogP contribution in [0.4, 0.5) is 15.8 Å². The summed E-state index contributed by atoms with van der Waals surface area (Å²) in [7, 11) is 0. The molecule has 164 valence electrons. The second kappa shape index (κ2) is 9.73. The summed E-state index contributed by atoms with van der Waals surface area (Å²) in [5, 5.41) is 2.57. The van der Waals surface area contributed by atoms with Crippen molar-refractivity contribution in [3.8, 4) is 0 Å². The first-order valence-corrected chi connectivity index (χ1v) is 10.5. The Morgan fingerprint density at radius 1 is 1.16 bits per heavy atom. The summed E-state index contributed by atoms with van der Waals surface area (Å²) < 4.78 is 18.3. The number of nitrogens with one attached hydrogen (secondary N) is 1. The molecule has 7 heteroatoms. The molecular weight excluding hydrogens is 399 g/mol. The first-order valence-electron chi connectivity index (χ1n) is 10.5. The van der Waals surface area contributed by atoms with Gasteiger partial charge in [-0.2, -0.15) is 0 Å². The molecule has 0 saturated carbocycles. The van der Waals surface area contributed by atoms with Crippen LogP contribution in [0.25, 0.3) is 0 Å². The lowest BCUT2D eigenvalue weighted by Crippen LogP contribution is -2.33. The van der Waals surface area contributed by atoms with Crippen LogP contribution >= 0.6 is 0 Å². The lowest BCUT2D eigenvalue weighted by Gasteiger charge is -2.23. The minimum absolute atomic E-state index is 0.0416. The number of para-hydroxylation sites is 1. The summed E-state index contributed by atoms with van der Waals surface area (Å²) in [5.41, 5.74) is 2.29. The van der Waals surface area contributed by atoms with E-state index in [0.29, 0.717) is 5.69 Å². The summed E-state index contributed by atoms with van der Waals surface area (Å²) in [6.45, 7) is 5.87. The lowest BCUT2D eigenvalue weighted by atomic mass is 9.96. The Morgan fingerprint density at radius 2 is 1.84 bits per heavy atom. The number of rotatable bonds is 7. The number of nitrogens with zero attached hydrogens (tertiary/aromatic N) is 1. The largest absolute Gasteiger partial charge is 0.452 e. The number of esters is 1. The maximum atomic E-state index is 13.0. The Kier molecular flexibility index (Phi) is 7.05. The second-order valence-corrected chi connectivity index (χ2v) is 7.85. The Balaban J connectivity index is 1.62. The monoisotopic (exact) mass is 426 g/mol. The molecule has 0 aliphatic carbocycles. The van der Waals surface area contributed by atoms with Gasteiger partial charge in [0.15, 0.2) is 6.10 Å². The SMILES string of the molecule is CC[C@@H](C)c1ccccc1N1C[C@@H](C(=O)O[C@@H](C)C(=O)Nc2ccc(F)cc2)CC1=O. The van der Waals surface area contributed by atoms with Crippen molar-refractivity contribution < 1.29 is 23.5 Å². The van der Waals surface area contributed by atoms with Gasteiger partial charge in [0.25, 0.3) is 5.91 Å². The number of hydrogen-bond acceptors (Lipinski definition) is 4. The molecule has 0 unspecified atom stereocenters. The predicted octanol–water partition coefficient (Wildman–Crippen LogP) is 4.26. The van der Waals surface area contributed by atoms with Crippen LogP contribution in [0, 0.1) is 11.7 Å². The molecule has 31 heavy (non-hydrogen) atoms. The minimum Gasteiger partial charge on any atom is -0.452 e. The quantitative estimate of drug-likeness (QED) is 0.671. The Hall–Kier alpha value is -3.22. The summed E-state index contributed by atoms with van der Waals surface area (Å²) >= 11 is 0. The molecule has 1 saturated heterocycles. The molecule has 0 bridgehead atoms. The van der Waals surface area contributed by atoms with Gasteiger partial charge in [0.05, 0.1) is 5.92 Å². The molecule has 0 spiro atoms. The van der Waals surface area contributed by atoms with Crippen molar-refractivity contribution in [2.75, 3.05) is 16.8 Å². The zero-order valence-corrected chi connectivity index (χ0v) is 17.9. The molecule has 1 aliphatic heterocycles. The summed E-state index contributed by atoms with van der Waals surface area (Å²) in [6.07, 6.45) is -0.0698. The molecule has 3 rings (SSSR count). The van der Waals surface area contributed by atoms with Crippen molar-refractivity contribution in [3.63, 3.8) is 0 Å². The van der Waals surface area contributed by atoms with Crippen molar-refractivity contribution in [2.45, 2.75) is 45.6 Å². The van der Waals surface area contributed by atoms with Crippen LogP contribution in [0.2, 0.25) is 0 Å². The van der Waals surface area contributed by atoms with Gasteiger partial charge in [-0.15, -0.1) is 0 Å². The Morgan fingerprint density at radius 3 is 2.52 bits per heavy atom. The highest BCUT2D eigenvalue weighted by molar-refractivity contribution is 6.01. The number of anilines is 2. The zero-order valence-electron chi connectivity index (χ0n) is 17.9. The fraction of sp³-hybridized carbons (Fsp3) is 0.375. The van der Waals surface area contributed by atoms with Crippen molar-refractivity contribution in [3.05, 3.63) is 59.9 Å². The maximum Gasteiger partial charge on any atom is 0.312 e. The van der Waals surface area contributed by atoms with Gasteiger partial charge < -0.3 is 15.0 Å². The Labute approximate surface area is 181 Å². The molecule has 2 aromatic rings. The number of carbonyl (C=O) groups is 3. The molecule has 6 nitrogen and oxygen atoms in total. The standard InChI is InChI=1S/C24H27FN2O4/c1-4-15(2)20-7-5-6-8-21(20)27-14-17(13-22(27)28)24(30)31-16(3)23(29)26-19-11-9-18(25)10-12-19/h5-12,15-17H,4,13-14H2,1-3H3,(H,26,29)/t15-,16+,17+/m1/s1. The molecule has 2 aromatic carbocycles. The van der Waals surface area contributed by atoms with Crippen molar-refractivity contribution in [1.29, 1.82) is 0 Å². The first kappa shape index (κ1) is 22.5. The summed E-state index contributed by atoms with van der Waals surface area (Å²) in [5.74, 6) is -2.02. The fourth-order valence-corrected chi connectivity index (χ4v) is 3.57. The van der Waals surface area contributed by atoms with Crippen LogP contribution in [-0.4, -0.2) is 30.4 Å². The fourth-order valence-electron chi connectivity index (χ4n) is 3.57. The van der Waals surface area contributed by atoms with Crippen LogP contribution in [0.15, 0.2) is 48.5 Å². The highest BCUT2D eigenvalue weighted by atomic mass is 19.1. The van der Waals surface area contributed by atoms with E-state index in [4.69, 9.17) is 4.74 Å². The van der Waals surface area contributed by atoms with Gasteiger partial charge in [-0.3, -0.25) is 14.4 Å². The van der Waals surface area contributed by atoms with Crippen molar-refractivity contribution in [1.82, 2.24) is 0 Å². The molecule has 0 aromatic heterocycles. The average molecular weight is 426 g/mol. The van der Waals surface area contributed by atoms with E-state index in [0.717, 1.165) is 17.7 Å². The van der Waals surface area contributed by atoms with Crippen molar-refractivity contribution in [2.24, 2.45) is 5.92 Å². The zero-order chi connectivity index (χ0) is 22.5. The van der Waals surface area contributed by atoms with Crippen LogP contribution in [0.3, 0.4) is 0 Å². The predicted molar refractivity (Wildman–Crippen MR) is 116 cm³/mol. The molecule has 1 aliphatic rings. The van der Waals surface area contributed by atoms with E-state index in [9.17, 15) is 18.8 Å².